The van der Waals surface area contributed by atoms with Crippen LogP contribution in [0.15, 0.2) is 24.3 Å². The zero-order valence-corrected chi connectivity index (χ0v) is 13.2. The van der Waals surface area contributed by atoms with Crippen molar-refractivity contribution in [2.75, 3.05) is 32.8 Å². The quantitative estimate of drug-likeness (QED) is 0.863. The van der Waals surface area contributed by atoms with Crippen LogP contribution in [0, 0.1) is 6.92 Å². The molecule has 1 spiro atoms. The third-order valence-corrected chi connectivity index (χ3v) is 4.39. The number of piperidine rings is 1. The predicted octanol–water partition coefficient (Wildman–Crippen LogP) is 2.01. The van der Waals surface area contributed by atoms with Gasteiger partial charge in [0.2, 0.25) is 0 Å². The van der Waals surface area contributed by atoms with Crippen molar-refractivity contribution in [1.82, 2.24) is 10.2 Å². The Morgan fingerprint density at radius 1 is 1.24 bits per heavy atom. The van der Waals surface area contributed by atoms with E-state index in [0.717, 1.165) is 51.2 Å². The first-order chi connectivity index (χ1) is 9.69. The normalized spacial score (nSPS) is 20.9. The van der Waals surface area contributed by atoms with Crippen LogP contribution in [0.2, 0.25) is 0 Å². The zero-order valence-electron chi connectivity index (χ0n) is 12.4. The SMILES string of the molecule is Cc1ccc(C(=O)N2CCC3(CC2)CNCCO3)cc1.Cl. The number of hydrogen-bond donors (Lipinski definition) is 1. The van der Waals surface area contributed by atoms with Gasteiger partial charge in [0.1, 0.15) is 0 Å². The molecule has 0 bridgehead atoms. The Balaban J connectivity index is 0.00000161. The van der Waals surface area contributed by atoms with E-state index in [-0.39, 0.29) is 23.9 Å². The average Bonchev–Trinajstić information content (AvgIpc) is 2.49. The lowest BCUT2D eigenvalue weighted by molar-refractivity contribution is -0.0954. The fraction of sp³-hybridized carbons (Fsp3) is 0.562. The van der Waals surface area contributed by atoms with Gasteiger partial charge in [0.15, 0.2) is 0 Å². The average molecular weight is 311 g/mol. The number of carbonyl (C=O) groups is 1. The number of carbonyl (C=O) groups excluding carboxylic acids is 1. The van der Waals surface area contributed by atoms with Crippen LogP contribution in [-0.2, 0) is 4.74 Å². The lowest BCUT2D eigenvalue weighted by Crippen LogP contribution is -2.56. The van der Waals surface area contributed by atoms with Gasteiger partial charge in [0, 0.05) is 31.7 Å². The molecule has 2 aliphatic rings. The molecule has 2 aliphatic heterocycles. The number of nitrogens with one attached hydrogen (secondary N) is 1. The summed E-state index contributed by atoms with van der Waals surface area (Å²) in [6.07, 6.45) is 1.86. The minimum Gasteiger partial charge on any atom is -0.372 e. The van der Waals surface area contributed by atoms with Crippen molar-refractivity contribution in [2.45, 2.75) is 25.4 Å². The van der Waals surface area contributed by atoms with Gasteiger partial charge < -0.3 is 15.0 Å². The molecule has 2 heterocycles. The van der Waals surface area contributed by atoms with Crippen LogP contribution >= 0.6 is 12.4 Å². The van der Waals surface area contributed by atoms with Crippen molar-refractivity contribution in [2.24, 2.45) is 0 Å². The second kappa shape index (κ2) is 6.77. The summed E-state index contributed by atoms with van der Waals surface area (Å²) in [7, 11) is 0. The lowest BCUT2D eigenvalue weighted by Gasteiger charge is -2.44. The lowest BCUT2D eigenvalue weighted by atomic mass is 9.89. The number of halogens is 1. The van der Waals surface area contributed by atoms with Crippen LogP contribution in [0.5, 0.6) is 0 Å². The summed E-state index contributed by atoms with van der Waals surface area (Å²) in [5.41, 5.74) is 1.93. The summed E-state index contributed by atoms with van der Waals surface area (Å²) >= 11 is 0. The Morgan fingerprint density at radius 3 is 2.48 bits per heavy atom. The molecular weight excluding hydrogens is 288 g/mol. The van der Waals surface area contributed by atoms with Crippen molar-refractivity contribution in [3.05, 3.63) is 35.4 Å². The third kappa shape index (κ3) is 3.57. The molecule has 1 aromatic carbocycles. The summed E-state index contributed by atoms with van der Waals surface area (Å²) in [5, 5.41) is 3.40. The minimum absolute atomic E-state index is 0. The number of aryl methyl sites for hydroxylation is 1. The standard InChI is InChI=1S/C16H22N2O2.ClH/c1-13-2-4-14(5-3-13)15(19)18-9-6-16(7-10-18)12-17-8-11-20-16;/h2-5,17H,6-12H2,1H3;1H. The molecule has 1 aromatic rings. The molecule has 0 atom stereocenters. The van der Waals surface area contributed by atoms with Crippen molar-refractivity contribution >= 4 is 18.3 Å². The first kappa shape index (κ1) is 16.3. The summed E-state index contributed by atoms with van der Waals surface area (Å²) in [6.45, 7) is 6.24. The van der Waals surface area contributed by atoms with Gasteiger partial charge in [-0.25, -0.2) is 0 Å². The van der Waals surface area contributed by atoms with Gasteiger partial charge in [-0.2, -0.15) is 0 Å². The molecule has 2 saturated heterocycles. The largest absolute Gasteiger partial charge is 0.372 e. The monoisotopic (exact) mass is 310 g/mol. The number of hydrogen-bond acceptors (Lipinski definition) is 3. The first-order valence-corrected chi connectivity index (χ1v) is 7.39. The Labute approximate surface area is 132 Å². The van der Waals surface area contributed by atoms with E-state index in [0.29, 0.717) is 0 Å². The first-order valence-electron chi connectivity index (χ1n) is 7.39. The highest BCUT2D eigenvalue weighted by atomic mass is 35.5. The van der Waals surface area contributed by atoms with Crippen LogP contribution in [-0.4, -0.2) is 49.2 Å². The Morgan fingerprint density at radius 2 is 1.90 bits per heavy atom. The number of rotatable bonds is 1. The van der Waals surface area contributed by atoms with Crippen LogP contribution in [0.1, 0.15) is 28.8 Å². The van der Waals surface area contributed by atoms with E-state index >= 15 is 0 Å². The number of morpholine rings is 1. The van der Waals surface area contributed by atoms with Gasteiger partial charge in [-0.1, -0.05) is 17.7 Å². The van der Waals surface area contributed by atoms with Crippen LogP contribution in [0.4, 0.5) is 0 Å². The topological polar surface area (TPSA) is 41.6 Å². The van der Waals surface area contributed by atoms with E-state index in [4.69, 9.17) is 4.74 Å². The molecule has 4 nitrogen and oxygen atoms in total. The molecule has 5 heteroatoms. The zero-order chi connectivity index (χ0) is 14.0. The molecular formula is C16H23ClN2O2. The molecule has 0 radical (unpaired) electrons. The van der Waals surface area contributed by atoms with Crippen LogP contribution < -0.4 is 5.32 Å². The second-order valence-electron chi connectivity index (χ2n) is 5.87. The number of amides is 1. The van der Waals surface area contributed by atoms with E-state index in [1.165, 1.54) is 5.56 Å². The van der Waals surface area contributed by atoms with E-state index in [1.54, 1.807) is 0 Å². The minimum atomic E-state index is -0.0394. The maximum atomic E-state index is 12.5. The van der Waals surface area contributed by atoms with Gasteiger partial charge in [-0.3, -0.25) is 4.79 Å². The molecule has 116 valence electrons. The van der Waals surface area contributed by atoms with Crippen molar-refractivity contribution in [3.8, 4) is 0 Å². The molecule has 1 amide bonds. The van der Waals surface area contributed by atoms with Gasteiger partial charge in [0.05, 0.1) is 12.2 Å². The van der Waals surface area contributed by atoms with E-state index in [1.807, 2.05) is 36.1 Å². The van der Waals surface area contributed by atoms with Gasteiger partial charge in [-0.15, -0.1) is 12.4 Å². The second-order valence-corrected chi connectivity index (χ2v) is 5.87. The summed E-state index contributed by atoms with van der Waals surface area (Å²) in [6, 6.07) is 7.82. The number of benzene rings is 1. The molecule has 0 unspecified atom stereocenters. The molecule has 1 N–H and O–H groups in total. The van der Waals surface area contributed by atoms with E-state index in [2.05, 4.69) is 5.32 Å². The fourth-order valence-electron chi connectivity index (χ4n) is 3.02. The van der Waals surface area contributed by atoms with Crippen LogP contribution in [0.25, 0.3) is 0 Å². The van der Waals surface area contributed by atoms with E-state index in [9.17, 15) is 4.79 Å². The summed E-state index contributed by atoms with van der Waals surface area (Å²) in [4.78, 5) is 14.4. The van der Waals surface area contributed by atoms with Crippen molar-refractivity contribution in [1.29, 1.82) is 0 Å². The molecule has 21 heavy (non-hydrogen) atoms. The van der Waals surface area contributed by atoms with Crippen molar-refractivity contribution in [3.63, 3.8) is 0 Å². The molecule has 3 rings (SSSR count). The Hall–Kier alpha value is -1.10. The Bertz CT molecular complexity index is 474. The third-order valence-electron chi connectivity index (χ3n) is 4.39. The predicted molar refractivity (Wildman–Crippen MR) is 85.1 cm³/mol. The van der Waals surface area contributed by atoms with Gasteiger partial charge in [-0.05, 0) is 31.9 Å². The van der Waals surface area contributed by atoms with Gasteiger partial charge >= 0.3 is 0 Å². The van der Waals surface area contributed by atoms with Crippen LogP contribution in [0.3, 0.4) is 0 Å². The highest BCUT2D eigenvalue weighted by molar-refractivity contribution is 5.94. The summed E-state index contributed by atoms with van der Waals surface area (Å²) < 4.78 is 5.96. The van der Waals surface area contributed by atoms with Gasteiger partial charge in [0.25, 0.3) is 5.91 Å². The van der Waals surface area contributed by atoms with Crippen molar-refractivity contribution < 1.29 is 9.53 Å². The number of likely N-dealkylation sites (tertiary alicyclic amines) is 1. The highest BCUT2D eigenvalue weighted by Crippen LogP contribution is 2.28. The maximum absolute atomic E-state index is 12.5. The molecule has 2 fully saturated rings. The molecule has 0 aromatic heterocycles. The van der Waals surface area contributed by atoms with E-state index < -0.39 is 0 Å². The molecule has 0 aliphatic carbocycles. The molecule has 0 saturated carbocycles. The fourth-order valence-corrected chi connectivity index (χ4v) is 3.02. The number of nitrogens with zero attached hydrogens (tertiary/aromatic N) is 1. The smallest absolute Gasteiger partial charge is 0.253 e. The highest BCUT2D eigenvalue weighted by Gasteiger charge is 2.38. The Kier molecular flexibility index (Phi) is 5.25. The number of ether oxygens (including phenoxy) is 1. The maximum Gasteiger partial charge on any atom is 0.253 e. The summed E-state index contributed by atoms with van der Waals surface area (Å²) in [5.74, 6) is 0.142.